The highest BCUT2D eigenvalue weighted by Gasteiger charge is 2.31. The Hall–Kier alpha value is -3.75. The number of carbonyl (C=O) groups is 1. The summed E-state index contributed by atoms with van der Waals surface area (Å²) in [7, 11) is 1.63. The van der Waals surface area contributed by atoms with Gasteiger partial charge in [0.15, 0.2) is 0 Å². The van der Waals surface area contributed by atoms with E-state index in [9.17, 15) is 9.90 Å². The second kappa shape index (κ2) is 9.72. The first-order valence-electron chi connectivity index (χ1n) is 11.7. The number of methoxy groups -OCH3 is 1. The maximum atomic E-state index is 13.1. The van der Waals surface area contributed by atoms with E-state index in [0.717, 1.165) is 44.5 Å². The molecule has 184 valence electrons. The molecule has 2 aromatic carbocycles. The molecule has 5 aromatic rings. The first kappa shape index (κ1) is 24.0. The number of amides is 1. The molecule has 0 bridgehead atoms. The molecule has 0 aliphatic heterocycles. The molecule has 0 saturated carbocycles. The number of hydrogen-bond donors (Lipinski definition) is 4. The minimum Gasteiger partial charge on any atom is -0.497 e. The lowest BCUT2D eigenvalue weighted by molar-refractivity contribution is -0.128. The van der Waals surface area contributed by atoms with Crippen LogP contribution in [0.4, 0.5) is 0 Å². The van der Waals surface area contributed by atoms with Gasteiger partial charge in [-0.2, -0.15) is 12.6 Å². The van der Waals surface area contributed by atoms with Crippen molar-refractivity contribution in [1.29, 1.82) is 0 Å². The first-order chi connectivity index (χ1) is 17.3. The van der Waals surface area contributed by atoms with Crippen LogP contribution >= 0.6 is 12.6 Å². The van der Waals surface area contributed by atoms with Crippen LogP contribution in [0, 0.1) is 0 Å². The fourth-order valence-electron chi connectivity index (χ4n) is 4.45. The third-order valence-electron chi connectivity index (χ3n) is 6.40. The molecular formula is C28H28N4O3S. The van der Waals surface area contributed by atoms with E-state index in [2.05, 4.69) is 27.9 Å². The number of ether oxygens (including phenoxy) is 1. The van der Waals surface area contributed by atoms with Crippen LogP contribution in [0.15, 0.2) is 79.1 Å². The van der Waals surface area contributed by atoms with Gasteiger partial charge < -0.3 is 24.7 Å². The van der Waals surface area contributed by atoms with Gasteiger partial charge in [0.05, 0.1) is 12.4 Å². The van der Waals surface area contributed by atoms with Crippen molar-refractivity contribution < 1.29 is 14.6 Å². The molecule has 8 heteroatoms. The summed E-state index contributed by atoms with van der Waals surface area (Å²) < 4.78 is 7.33. The van der Waals surface area contributed by atoms with Gasteiger partial charge in [0.1, 0.15) is 23.7 Å². The number of aliphatic hydroxyl groups is 1. The first-order valence-corrected chi connectivity index (χ1v) is 12.2. The van der Waals surface area contributed by atoms with E-state index in [-0.39, 0.29) is 12.5 Å². The summed E-state index contributed by atoms with van der Waals surface area (Å²) in [5, 5.41) is 15.2. The molecule has 5 rings (SSSR count). The van der Waals surface area contributed by atoms with Crippen LogP contribution in [-0.4, -0.2) is 43.6 Å². The fraction of sp³-hybridized carbons (Fsp3) is 0.214. The topological polar surface area (TPSA) is 92.2 Å². The van der Waals surface area contributed by atoms with Crippen molar-refractivity contribution in [2.24, 2.45) is 0 Å². The van der Waals surface area contributed by atoms with E-state index < -0.39 is 11.0 Å². The van der Waals surface area contributed by atoms with E-state index >= 15 is 0 Å². The van der Waals surface area contributed by atoms with Crippen molar-refractivity contribution in [2.45, 2.75) is 30.9 Å². The number of thiol groups is 1. The summed E-state index contributed by atoms with van der Waals surface area (Å²) in [6, 6.07) is 21.5. The molecule has 2 unspecified atom stereocenters. The standard InChI is InChI=1S/C28H28N4O3S/c1-28(34,25(36)13-18-7-4-3-5-8-18)31-26(33)17-32-16-22(21-15-20(35-2)10-11-24(21)32)23-14-19-9-6-12-29-27(19)30-23/h3-12,14-16,25,34,36H,13,17H2,1-2H3,(H,29,30)(H,31,33). The predicted molar refractivity (Wildman–Crippen MR) is 145 cm³/mol. The second-order valence-corrected chi connectivity index (χ2v) is 9.70. The van der Waals surface area contributed by atoms with Crippen molar-refractivity contribution in [2.75, 3.05) is 7.11 Å². The van der Waals surface area contributed by atoms with Crippen molar-refractivity contribution in [3.05, 3.63) is 84.7 Å². The van der Waals surface area contributed by atoms with Gasteiger partial charge in [0, 0.05) is 39.9 Å². The van der Waals surface area contributed by atoms with Gasteiger partial charge >= 0.3 is 0 Å². The summed E-state index contributed by atoms with van der Waals surface area (Å²) >= 11 is 4.58. The minimum atomic E-state index is -1.49. The minimum absolute atomic E-state index is 0.0310. The molecule has 0 spiro atoms. The number of hydrogen-bond acceptors (Lipinski definition) is 5. The fourth-order valence-corrected chi connectivity index (χ4v) is 4.72. The van der Waals surface area contributed by atoms with E-state index in [1.165, 1.54) is 0 Å². The zero-order chi connectivity index (χ0) is 25.3. The molecule has 3 heterocycles. The molecule has 1 amide bonds. The molecule has 7 nitrogen and oxygen atoms in total. The highest BCUT2D eigenvalue weighted by molar-refractivity contribution is 7.81. The third kappa shape index (κ3) is 4.82. The molecule has 3 aromatic heterocycles. The Morgan fingerprint density at radius 3 is 2.75 bits per heavy atom. The van der Waals surface area contributed by atoms with Crippen LogP contribution in [0.25, 0.3) is 33.2 Å². The van der Waals surface area contributed by atoms with Crippen LogP contribution in [0.1, 0.15) is 12.5 Å². The summed E-state index contributed by atoms with van der Waals surface area (Å²) in [6.07, 6.45) is 4.20. The van der Waals surface area contributed by atoms with Gasteiger partial charge in [-0.3, -0.25) is 4.79 Å². The molecular weight excluding hydrogens is 472 g/mol. The lowest BCUT2D eigenvalue weighted by atomic mass is 10.0. The Bertz CT molecular complexity index is 1490. The molecule has 36 heavy (non-hydrogen) atoms. The number of fused-ring (bicyclic) bond motifs is 2. The van der Waals surface area contributed by atoms with Crippen LogP contribution in [0.5, 0.6) is 5.75 Å². The number of aromatic nitrogens is 3. The molecule has 0 fully saturated rings. The Labute approximate surface area is 214 Å². The number of aromatic amines is 1. The van der Waals surface area contributed by atoms with E-state index in [0.29, 0.717) is 6.42 Å². The van der Waals surface area contributed by atoms with Crippen LogP contribution in [0.3, 0.4) is 0 Å². The monoisotopic (exact) mass is 500 g/mol. The number of carbonyl (C=O) groups excluding carboxylic acids is 1. The van der Waals surface area contributed by atoms with Gasteiger partial charge in [-0.05, 0) is 55.3 Å². The molecule has 3 N–H and O–H groups in total. The van der Waals surface area contributed by atoms with Crippen molar-refractivity contribution in [3.8, 4) is 17.0 Å². The summed E-state index contributed by atoms with van der Waals surface area (Å²) in [5.41, 5.74) is 3.04. The lowest BCUT2D eigenvalue weighted by Gasteiger charge is -2.31. The Balaban J connectivity index is 1.42. The number of benzene rings is 2. The number of H-pyrrole nitrogens is 1. The van der Waals surface area contributed by atoms with Crippen LogP contribution in [-0.2, 0) is 17.8 Å². The highest BCUT2D eigenvalue weighted by atomic mass is 32.1. The summed E-state index contributed by atoms with van der Waals surface area (Å²) in [4.78, 5) is 20.8. The largest absolute Gasteiger partial charge is 0.497 e. The number of nitrogens with zero attached hydrogens (tertiary/aromatic N) is 2. The van der Waals surface area contributed by atoms with Crippen molar-refractivity contribution >= 4 is 40.5 Å². The summed E-state index contributed by atoms with van der Waals surface area (Å²) in [5.74, 6) is 0.409. The van der Waals surface area contributed by atoms with Crippen LogP contribution in [0.2, 0.25) is 0 Å². The average Bonchev–Trinajstić information content (AvgIpc) is 3.45. The predicted octanol–water partition coefficient (Wildman–Crippen LogP) is 4.56. The van der Waals surface area contributed by atoms with Gasteiger partial charge in [-0.1, -0.05) is 30.3 Å². The zero-order valence-corrected chi connectivity index (χ0v) is 21.0. The molecule has 0 aliphatic carbocycles. The zero-order valence-electron chi connectivity index (χ0n) is 20.1. The molecule has 0 aliphatic rings. The second-order valence-electron chi connectivity index (χ2n) is 9.08. The lowest BCUT2D eigenvalue weighted by Crippen LogP contribution is -2.54. The van der Waals surface area contributed by atoms with Crippen molar-refractivity contribution in [3.63, 3.8) is 0 Å². The maximum Gasteiger partial charge on any atom is 0.242 e. The number of nitrogens with one attached hydrogen (secondary N) is 2. The van der Waals surface area contributed by atoms with Crippen LogP contribution < -0.4 is 10.1 Å². The average molecular weight is 501 g/mol. The van der Waals surface area contributed by atoms with Gasteiger partial charge in [0.2, 0.25) is 5.91 Å². The Morgan fingerprint density at radius 1 is 1.19 bits per heavy atom. The molecule has 0 radical (unpaired) electrons. The smallest absolute Gasteiger partial charge is 0.242 e. The van der Waals surface area contributed by atoms with Crippen molar-refractivity contribution in [1.82, 2.24) is 19.9 Å². The molecule has 0 saturated heterocycles. The van der Waals surface area contributed by atoms with Gasteiger partial charge in [0.25, 0.3) is 0 Å². The van der Waals surface area contributed by atoms with Gasteiger partial charge in [-0.25, -0.2) is 4.98 Å². The number of rotatable bonds is 8. The Morgan fingerprint density at radius 2 is 2.00 bits per heavy atom. The third-order valence-corrected chi connectivity index (χ3v) is 7.08. The Kier molecular flexibility index (Phi) is 6.47. The number of pyridine rings is 1. The van der Waals surface area contributed by atoms with E-state index in [1.54, 1.807) is 20.2 Å². The summed E-state index contributed by atoms with van der Waals surface area (Å²) in [6.45, 7) is 1.61. The maximum absolute atomic E-state index is 13.1. The SMILES string of the molecule is COc1ccc2c(c1)c(-c1cc3cccnc3[nH]1)cn2CC(=O)NC(C)(O)C(S)Cc1ccccc1. The molecule has 2 atom stereocenters. The van der Waals surface area contributed by atoms with E-state index in [4.69, 9.17) is 4.74 Å². The highest BCUT2D eigenvalue weighted by Crippen LogP contribution is 2.34. The normalized spacial score (nSPS) is 14.0. The van der Waals surface area contributed by atoms with Gasteiger partial charge in [-0.15, -0.1) is 0 Å². The quantitative estimate of drug-likeness (QED) is 0.186. The van der Waals surface area contributed by atoms with E-state index in [1.807, 2.05) is 77.5 Å².